The van der Waals surface area contributed by atoms with Gasteiger partial charge < -0.3 is 5.32 Å². The predicted molar refractivity (Wildman–Crippen MR) is 96.0 cm³/mol. The average molecular weight is 293 g/mol. The monoisotopic (exact) mass is 293 g/mol. The second-order valence-electron chi connectivity index (χ2n) is 5.74. The van der Waals surface area contributed by atoms with Crippen molar-refractivity contribution in [1.29, 1.82) is 0 Å². The Morgan fingerprint density at radius 2 is 2.00 bits per heavy atom. The molecular weight excluding hydrogens is 270 g/mol. The van der Waals surface area contributed by atoms with Gasteiger partial charge in [0.25, 0.3) is 0 Å². The third kappa shape index (κ3) is 2.41. The lowest BCUT2D eigenvalue weighted by Crippen LogP contribution is -2.18. The van der Waals surface area contributed by atoms with Gasteiger partial charge in [0.05, 0.1) is 17.1 Å². The van der Waals surface area contributed by atoms with Gasteiger partial charge in [-0.05, 0) is 74.3 Å². The number of nitrogens with zero attached hydrogens (tertiary/aromatic N) is 2. The minimum Gasteiger partial charge on any atom is -0.385 e. The van der Waals surface area contributed by atoms with Crippen LogP contribution in [0.5, 0.6) is 0 Å². The molecule has 22 heavy (non-hydrogen) atoms. The van der Waals surface area contributed by atoms with E-state index < -0.39 is 0 Å². The van der Waals surface area contributed by atoms with E-state index in [2.05, 4.69) is 62.3 Å². The maximum Gasteiger partial charge on any atom is 0.0676 e. The Labute approximate surface area is 132 Å². The Bertz CT molecular complexity index is 733. The van der Waals surface area contributed by atoms with Gasteiger partial charge in [-0.2, -0.15) is 0 Å². The molecule has 0 unspecified atom stereocenters. The van der Waals surface area contributed by atoms with Gasteiger partial charge >= 0.3 is 0 Å². The second-order valence-corrected chi connectivity index (χ2v) is 5.74. The molecule has 1 aromatic rings. The zero-order chi connectivity index (χ0) is 15.7. The van der Waals surface area contributed by atoms with Gasteiger partial charge in [-0.1, -0.05) is 0 Å². The van der Waals surface area contributed by atoms with Crippen LogP contribution in [0.25, 0.3) is 0 Å². The summed E-state index contributed by atoms with van der Waals surface area (Å²) < 4.78 is 0. The molecule has 1 aliphatic carbocycles. The van der Waals surface area contributed by atoms with Gasteiger partial charge in [0.2, 0.25) is 0 Å². The van der Waals surface area contributed by atoms with Gasteiger partial charge in [0.1, 0.15) is 0 Å². The molecule has 2 aliphatic rings. The van der Waals surface area contributed by atoms with Crippen LogP contribution in [0.4, 0.5) is 11.4 Å². The fourth-order valence-electron chi connectivity index (χ4n) is 3.16. The first-order chi connectivity index (χ1) is 10.7. The predicted octanol–water partition coefficient (Wildman–Crippen LogP) is 4.40. The molecule has 3 nitrogen and oxygen atoms in total. The van der Waals surface area contributed by atoms with Gasteiger partial charge in [0.15, 0.2) is 0 Å². The van der Waals surface area contributed by atoms with E-state index >= 15 is 0 Å². The summed E-state index contributed by atoms with van der Waals surface area (Å²) in [5, 5.41) is 3.44. The van der Waals surface area contributed by atoms with Crippen molar-refractivity contribution in [2.24, 2.45) is 9.98 Å². The van der Waals surface area contributed by atoms with Crippen LogP contribution in [0.2, 0.25) is 0 Å². The summed E-state index contributed by atoms with van der Waals surface area (Å²) in [6.45, 7) is 10.3. The van der Waals surface area contributed by atoms with Crippen LogP contribution >= 0.6 is 0 Å². The van der Waals surface area contributed by atoms with Crippen molar-refractivity contribution in [2.75, 3.05) is 18.4 Å². The van der Waals surface area contributed by atoms with Crippen molar-refractivity contribution < 1.29 is 0 Å². The van der Waals surface area contributed by atoms with Crippen LogP contribution in [0, 0.1) is 6.92 Å². The largest absolute Gasteiger partial charge is 0.385 e. The van der Waals surface area contributed by atoms with Crippen LogP contribution in [0.15, 0.2) is 45.4 Å². The van der Waals surface area contributed by atoms with Crippen LogP contribution in [0.3, 0.4) is 0 Å². The van der Waals surface area contributed by atoms with Crippen molar-refractivity contribution >= 4 is 22.8 Å². The Morgan fingerprint density at radius 1 is 1.18 bits per heavy atom. The molecule has 1 aliphatic heterocycles. The summed E-state index contributed by atoms with van der Waals surface area (Å²) in [6, 6.07) is 4.27. The quantitative estimate of drug-likeness (QED) is 0.824. The van der Waals surface area contributed by atoms with E-state index in [0.717, 1.165) is 36.6 Å². The van der Waals surface area contributed by atoms with Gasteiger partial charge in [-0.3, -0.25) is 4.99 Å². The molecule has 3 heteroatoms. The van der Waals surface area contributed by atoms with E-state index in [1.807, 2.05) is 0 Å². The maximum atomic E-state index is 4.86. The average Bonchev–Trinajstić information content (AvgIpc) is 2.52. The molecule has 114 valence electrons. The third-order valence-electron chi connectivity index (χ3n) is 4.41. The molecule has 1 N–H and O–H groups in total. The van der Waals surface area contributed by atoms with E-state index in [-0.39, 0.29) is 0 Å². The molecule has 3 rings (SSSR count). The first kappa shape index (κ1) is 14.8. The molecule has 0 bridgehead atoms. The third-order valence-corrected chi connectivity index (χ3v) is 4.41. The topological polar surface area (TPSA) is 36.8 Å². The lowest BCUT2D eigenvalue weighted by Gasteiger charge is -2.25. The molecule has 0 spiro atoms. The van der Waals surface area contributed by atoms with Gasteiger partial charge in [0, 0.05) is 25.2 Å². The molecule has 0 aromatic heterocycles. The molecule has 0 saturated heterocycles. The van der Waals surface area contributed by atoms with E-state index in [1.165, 1.54) is 28.0 Å². The molecule has 0 fully saturated rings. The lowest BCUT2D eigenvalue weighted by molar-refractivity contribution is 1.09. The summed E-state index contributed by atoms with van der Waals surface area (Å²) in [5.41, 5.74) is 9.74. The zero-order valence-corrected chi connectivity index (χ0v) is 13.8. The molecular formula is C19H23N3. The summed E-state index contributed by atoms with van der Waals surface area (Å²) in [5.74, 6) is 0. The SMILES string of the molecule is CCN=C1C=CC2=Nc3ccc(NCC)c(C)c3CC2=C1C. The molecule has 1 heterocycles. The number of rotatable bonds is 3. The fraction of sp³-hybridized carbons (Fsp3) is 0.368. The number of anilines is 1. The van der Waals surface area contributed by atoms with Crippen LogP contribution in [-0.4, -0.2) is 24.5 Å². The van der Waals surface area contributed by atoms with Crippen molar-refractivity contribution in [2.45, 2.75) is 34.1 Å². The smallest absolute Gasteiger partial charge is 0.0676 e. The summed E-state index contributed by atoms with van der Waals surface area (Å²) >= 11 is 0. The Hall–Kier alpha value is -2.16. The highest BCUT2D eigenvalue weighted by Gasteiger charge is 2.23. The molecule has 0 saturated carbocycles. The Morgan fingerprint density at radius 3 is 2.73 bits per heavy atom. The summed E-state index contributed by atoms with van der Waals surface area (Å²) in [4.78, 5) is 9.45. The molecule has 0 atom stereocenters. The zero-order valence-electron chi connectivity index (χ0n) is 13.8. The van der Waals surface area contributed by atoms with Gasteiger partial charge in [-0.25, -0.2) is 4.99 Å². The second kappa shape index (κ2) is 5.91. The molecule has 0 radical (unpaired) electrons. The first-order valence-corrected chi connectivity index (χ1v) is 8.03. The number of fused-ring (bicyclic) bond motifs is 2. The number of nitrogens with one attached hydrogen (secondary N) is 1. The van der Waals surface area contributed by atoms with Crippen molar-refractivity contribution in [3.05, 3.63) is 46.6 Å². The summed E-state index contributed by atoms with van der Waals surface area (Å²) in [7, 11) is 0. The number of hydrogen-bond donors (Lipinski definition) is 1. The van der Waals surface area contributed by atoms with Crippen LogP contribution < -0.4 is 5.32 Å². The number of benzene rings is 1. The molecule has 1 aromatic carbocycles. The fourth-order valence-corrected chi connectivity index (χ4v) is 3.16. The number of allylic oxidation sites excluding steroid dienone is 4. The highest BCUT2D eigenvalue weighted by atomic mass is 14.9. The Kier molecular flexibility index (Phi) is 3.97. The van der Waals surface area contributed by atoms with Gasteiger partial charge in [-0.15, -0.1) is 0 Å². The Balaban J connectivity index is 2.10. The highest BCUT2D eigenvalue weighted by Crippen LogP contribution is 2.36. The summed E-state index contributed by atoms with van der Waals surface area (Å²) in [6.07, 6.45) is 5.14. The number of aliphatic imine (C=N–C) groups is 2. The van der Waals surface area contributed by atoms with Crippen molar-refractivity contribution in [3.63, 3.8) is 0 Å². The maximum absolute atomic E-state index is 4.86. The highest BCUT2D eigenvalue weighted by molar-refractivity contribution is 6.25. The lowest BCUT2D eigenvalue weighted by atomic mass is 9.85. The molecule has 0 amide bonds. The first-order valence-electron chi connectivity index (χ1n) is 8.03. The van der Waals surface area contributed by atoms with E-state index in [4.69, 9.17) is 4.99 Å². The van der Waals surface area contributed by atoms with E-state index in [1.54, 1.807) is 0 Å². The minimum atomic E-state index is 0.816. The van der Waals surface area contributed by atoms with E-state index in [9.17, 15) is 0 Å². The van der Waals surface area contributed by atoms with Crippen LogP contribution in [-0.2, 0) is 6.42 Å². The number of hydrogen-bond acceptors (Lipinski definition) is 3. The standard InChI is InChI=1S/C19H23N3/c1-5-20-16-7-9-18-14(12(16)3)11-15-13(4)17(21-6-2)8-10-19(15)22-18/h7-10,20H,5-6,11H2,1-4H3. The van der Waals surface area contributed by atoms with E-state index in [0.29, 0.717) is 0 Å². The van der Waals surface area contributed by atoms with Crippen molar-refractivity contribution in [3.8, 4) is 0 Å². The van der Waals surface area contributed by atoms with Crippen molar-refractivity contribution in [1.82, 2.24) is 0 Å². The normalized spacial score (nSPS) is 18.2. The minimum absolute atomic E-state index is 0.816. The van der Waals surface area contributed by atoms with Crippen LogP contribution in [0.1, 0.15) is 31.9 Å².